The Balaban J connectivity index is 1.67. The van der Waals surface area contributed by atoms with Gasteiger partial charge in [-0.2, -0.15) is 9.97 Å². The zero-order valence-electron chi connectivity index (χ0n) is 17.6. The van der Waals surface area contributed by atoms with Crippen LogP contribution >= 0.6 is 0 Å². The van der Waals surface area contributed by atoms with Crippen molar-refractivity contribution in [2.75, 3.05) is 23.4 Å². The zero-order chi connectivity index (χ0) is 24.1. The average molecular weight is 453 g/mol. The van der Waals surface area contributed by atoms with Crippen LogP contribution in [0.1, 0.15) is 28.9 Å². The number of nitrogens with zero attached hydrogens (tertiary/aromatic N) is 5. The van der Waals surface area contributed by atoms with Crippen LogP contribution in [0.25, 0.3) is 11.2 Å². The summed E-state index contributed by atoms with van der Waals surface area (Å²) in [6, 6.07) is 4.98. The number of hydrogen-bond acceptors (Lipinski definition) is 11. The zero-order valence-corrected chi connectivity index (χ0v) is 17.6. The number of carbonyl (C=O) groups is 3. The van der Waals surface area contributed by atoms with Crippen molar-refractivity contribution in [3.63, 3.8) is 0 Å². The van der Waals surface area contributed by atoms with E-state index in [0.717, 1.165) is 5.69 Å². The van der Waals surface area contributed by atoms with Crippen LogP contribution in [-0.4, -0.2) is 56.0 Å². The molecule has 13 heteroatoms. The first-order valence-corrected chi connectivity index (χ1v) is 9.73. The second-order valence-corrected chi connectivity index (χ2v) is 7.18. The third-order valence-corrected chi connectivity index (χ3v) is 4.71. The fourth-order valence-electron chi connectivity index (χ4n) is 3.02. The predicted octanol–water partition coefficient (Wildman–Crippen LogP) is -1.07. The molecule has 2 heterocycles. The van der Waals surface area contributed by atoms with Crippen molar-refractivity contribution in [3.05, 3.63) is 41.7 Å². The van der Waals surface area contributed by atoms with Gasteiger partial charge in [0.25, 0.3) is 5.91 Å². The Bertz CT molecular complexity index is 1200. The molecule has 13 nitrogen and oxygen atoms in total. The molecule has 33 heavy (non-hydrogen) atoms. The molecule has 1 unspecified atom stereocenters. The van der Waals surface area contributed by atoms with Crippen molar-refractivity contribution in [2.45, 2.75) is 25.4 Å². The van der Waals surface area contributed by atoms with Crippen LogP contribution in [0.4, 0.5) is 17.5 Å². The number of aliphatic carboxylic acids is 2. The number of fused-ring (bicyclic) bond motifs is 1. The molecule has 0 spiro atoms. The number of aromatic nitrogens is 4. The quantitative estimate of drug-likeness (QED) is 0.305. The van der Waals surface area contributed by atoms with Crippen molar-refractivity contribution in [1.82, 2.24) is 25.3 Å². The summed E-state index contributed by atoms with van der Waals surface area (Å²) in [5.41, 5.74) is 13.6. The SMILES string of the molecule is CN(Cc1cnc2nc(N)nc(N)c2n1)c1ccc(C(=O)NC(CCC(=O)O)C(=O)[O-])cc1. The van der Waals surface area contributed by atoms with Crippen LogP contribution in [0.3, 0.4) is 0 Å². The number of rotatable bonds is 9. The van der Waals surface area contributed by atoms with Crippen molar-refractivity contribution in [2.24, 2.45) is 0 Å². The van der Waals surface area contributed by atoms with Crippen molar-refractivity contribution < 1.29 is 24.6 Å². The lowest BCUT2D eigenvalue weighted by molar-refractivity contribution is -0.308. The number of anilines is 3. The number of hydrogen-bond donors (Lipinski definition) is 4. The first-order valence-electron chi connectivity index (χ1n) is 9.73. The Labute approximate surface area is 187 Å². The minimum atomic E-state index is -1.55. The van der Waals surface area contributed by atoms with Crippen LogP contribution in [0.5, 0.6) is 0 Å². The summed E-state index contributed by atoms with van der Waals surface area (Å²) in [5, 5.41) is 22.1. The van der Waals surface area contributed by atoms with Gasteiger partial charge in [-0.25, -0.2) is 9.97 Å². The fourth-order valence-corrected chi connectivity index (χ4v) is 3.02. The monoisotopic (exact) mass is 453 g/mol. The highest BCUT2D eigenvalue weighted by molar-refractivity contribution is 5.96. The fraction of sp³-hybridized carbons (Fsp3) is 0.250. The Morgan fingerprint density at radius 2 is 1.85 bits per heavy atom. The topological polar surface area (TPSA) is 213 Å². The molecule has 0 bridgehead atoms. The number of carbonyl (C=O) groups excluding carboxylic acids is 2. The maximum Gasteiger partial charge on any atom is 0.303 e. The van der Waals surface area contributed by atoms with E-state index < -0.39 is 30.3 Å². The molecule has 0 aliphatic heterocycles. The molecule has 3 aromatic rings. The van der Waals surface area contributed by atoms with E-state index in [9.17, 15) is 19.5 Å². The summed E-state index contributed by atoms with van der Waals surface area (Å²) in [4.78, 5) is 52.5. The van der Waals surface area contributed by atoms with E-state index in [4.69, 9.17) is 16.6 Å². The lowest BCUT2D eigenvalue weighted by Crippen LogP contribution is -2.48. The van der Waals surface area contributed by atoms with Crippen LogP contribution < -0.4 is 26.8 Å². The maximum atomic E-state index is 12.3. The third-order valence-electron chi connectivity index (χ3n) is 4.71. The number of amides is 1. The molecule has 0 saturated carbocycles. The molecular weight excluding hydrogens is 432 g/mol. The molecule has 2 aromatic heterocycles. The Morgan fingerprint density at radius 3 is 2.48 bits per heavy atom. The number of carboxylic acid groups (broad SMARTS) is 2. The lowest BCUT2D eigenvalue weighted by Gasteiger charge is -2.20. The van der Waals surface area contributed by atoms with Crippen LogP contribution in [0.2, 0.25) is 0 Å². The number of nitrogens with two attached hydrogens (primary N) is 2. The van der Waals surface area contributed by atoms with Gasteiger partial charge in [0.05, 0.1) is 30.4 Å². The highest BCUT2D eigenvalue weighted by Crippen LogP contribution is 2.19. The van der Waals surface area contributed by atoms with E-state index in [1.807, 2.05) is 11.9 Å². The molecule has 172 valence electrons. The minimum absolute atomic E-state index is 0.0103. The first-order chi connectivity index (χ1) is 15.6. The second-order valence-electron chi connectivity index (χ2n) is 7.18. The Hall–Kier alpha value is -4.55. The van der Waals surface area contributed by atoms with E-state index in [0.29, 0.717) is 23.4 Å². The van der Waals surface area contributed by atoms with Gasteiger partial charge in [0, 0.05) is 24.7 Å². The lowest BCUT2D eigenvalue weighted by atomic mass is 10.1. The van der Waals surface area contributed by atoms with E-state index in [1.54, 1.807) is 18.3 Å². The molecule has 0 aliphatic carbocycles. The summed E-state index contributed by atoms with van der Waals surface area (Å²) in [5.74, 6) is -3.23. The molecule has 6 N–H and O–H groups in total. The third kappa shape index (κ3) is 5.78. The smallest absolute Gasteiger partial charge is 0.303 e. The van der Waals surface area contributed by atoms with Gasteiger partial charge in [0.1, 0.15) is 0 Å². The van der Waals surface area contributed by atoms with Gasteiger partial charge in [-0.1, -0.05) is 0 Å². The van der Waals surface area contributed by atoms with Crippen molar-refractivity contribution in [1.29, 1.82) is 0 Å². The molecule has 0 aliphatic rings. The molecule has 1 atom stereocenters. The van der Waals surface area contributed by atoms with Crippen LogP contribution in [0, 0.1) is 0 Å². The van der Waals surface area contributed by atoms with Crippen molar-refractivity contribution in [3.8, 4) is 0 Å². The number of carboxylic acids is 2. The summed E-state index contributed by atoms with van der Waals surface area (Å²) >= 11 is 0. The minimum Gasteiger partial charge on any atom is -0.548 e. The van der Waals surface area contributed by atoms with E-state index in [2.05, 4.69) is 25.3 Å². The number of benzene rings is 1. The van der Waals surface area contributed by atoms with E-state index >= 15 is 0 Å². The molecule has 1 aromatic carbocycles. The molecule has 1 amide bonds. The highest BCUT2D eigenvalue weighted by Gasteiger charge is 2.17. The van der Waals surface area contributed by atoms with E-state index in [-0.39, 0.29) is 23.8 Å². The van der Waals surface area contributed by atoms with Crippen molar-refractivity contribution >= 4 is 46.5 Å². The average Bonchev–Trinajstić information content (AvgIpc) is 2.76. The van der Waals surface area contributed by atoms with Gasteiger partial charge in [0.2, 0.25) is 5.95 Å². The normalized spacial score (nSPS) is 11.7. The highest BCUT2D eigenvalue weighted by atomic mass is 16.4. The second kappa shape index (κ2) is 9.72. The number of nitrogens with one attached hydrogen (secondary N) is 1. The van der Waals surface area contributed by atoms with Gasteiger partial charge < -0.3 is 36.7 Å². The summed E-state index contributed by atoms with van der Waals surface area (Å²) < 4.78 is 0. The summed E-state index contributed by atoms with van der Waals surface area (Å²) in [6.07, 6.45) is 0.856. The van der Waals surface area contributed by atoms with Gasteiger partial charge in [0.15, 0.2) is 17.0 Å². The largest absolute Gasteiger partial charge is 0.548 e. The van der Waals surface area contributed by atoms with Crippen LogP contribution in [0.15, 0.2) is 30.5 Å². The maximum absolute atomic E-state index is 12.3. The predicted molar refractivity (Wildman–Crippen MR) is 116 cm³/mol. The first kappa shape index (κ1) is 23.1. The Kier molecular flexibility index (Phi) is 6.81. The Morgan fingerprint density at radius 1 is 1.15 bits per heavy atom. The summed E-state index contributed by atoms with van der Waals surface area (Å²) in [6.45, 7) is 0.361. The van der Waals surface area contributed by atoms with Gasteiger partial charge in [-0.05, 0) is 30.7 Å². The summed E-state index contributed by atoms with van der Waals surface area (Å²) in [7, 11) is 1.81. The van der Waals surface area contributed by atoms with E-state index in [1.165, 1.54) is 12.1 Å². The van der Waals surface area contributed by atoms with Gasteiger partial charge in [-0.3, -0.25) is 9.59 Å². The molecule has 3 rings (SSSR count). The number of nitrogen functional groups attached to an aromatic ring is 2. The molecule has 0 saturated heterocycles. The van der Waals surface area contributed by atoms with Gasteiger partial charge in [-0.15, -0.1) is 0 Å². The van der Waals surface area contributed by atoms with Gasteiger partial charge >= 0.3 is 5.97 Å². The molecular formula is C20H21N8O5-. The molecule has 0 fully saturated rings. The van der Waals surface area contributed by atoms with Crippen LogP contribution in [-0.2, 0) is 16.1 Å². The molecule has 0 radical (unpaired) electrons. The standard InChI is InChI=1S/C20H22N8O5/c1-28(9-11-8-23-17-15(24-11)16(21)26-20(22)27-17)12-4-2-10(3-5-12)18(31)25-13(19(32)33)6-7-14(29)30/h2-5,8,13H,6-7,9H2,1H3,(H,25,31)(H,29,30)(H,32,33)(H4,21,22,23,26,27)/p-1.